The van der Waals surface area contributed by atoms with Gasteiger partial charge in [-0.25, -0.2) is 13.4 Å². The maximum atomic E-state index is 12.7. The molecule has 0 spiro atoms. The molecule has 2 N–H and O–H groups in total. The molecule has 0 unspecified atom stereocenters. The zero-order chi connectivity index (χ0) is 21.8. The van der Waals surface area contributed by atoms with Crippen molar-refractivity contribution >= 4 is 50.2 Å². The number of anilines is 2. The van der Waals surface area contributed by atoms with E-state index < -0.39 is 10.0 Å². The van der Waals surface area contributed by atoms with Crippen molar-refractivity contribution in [3.8, 4) is 10.6 Å². The van der Waals surface area contributed by atoms with Crippen molar-refractivity contribution in [2.75, 3.05) is 10.0 Å². The van der Waals surface area contributed by atoms with Gasteiger partial charge in [0.2, 0.25) is 0 Å². The van der Waals surface area contributed by atoms with Gasteiger partial charge in [-0.2, -0.15) is 0 Å². The predicted molar refractivity (Wildman–Crippen MR) is 124 cm³/mol. The highest BCUT2D eigenvalue weighted by atomic mass is 35.5. The second-order valence-corrected chi connectivity index (χ2v) is 9.58. The maximum Gasteiger partial charge on any atom is 0.267 e. The minimum Gasteiger partial charge on any atom is -0.321 e. The van der Waals surface area contributed by atoms with E-state index in [9.17, 15) is 13.2 Å². The summed E-state index contributed by atoms with van der Waals surface area (Å²) >= 11 is 7.30. The van der Waals surface area contributed by atoms with Crippen molar-refractivity contribution < 1.29 is 13.2 Å². The number of carbonyl (C=O) groups is 1. The highest BCUT2D eigenvalue weighted by Gasteiger charge is 2.17. The van der Waals surface area contributed by atoms with Crippen LogP contribution < -0.4 is 10.0 Å². The SMILES string of the molecule is O=C(Nc1cccc(S(=O)(=O)Nc2ccccc2Cl)c1)c1cnc(-c2ccccc2)s1. The number of aromatic nitrogens is 1. The summed E-state index contributed by atoms with van der Waals surface area (Å²) in [6, 6.07) is 22.1. The molecule has 4 rings (SSSR count). The number of benzene rings is 3. The van der Waals surface area contributed by atoms with E-state index in [1.165, 1.54) is 29.7 Å². The van der Waals surface area contributed by atoms with Gasteiger partial charge in [-0.15, -0.1) is 11.3 Å². The molecule has 6 nitrogen and oxygen atoms in total. The zero-order valence-electron chi connectivity index (χ0n) is 15.9. The van der Waals surface area contributed by atoms with E-state index >= 15 is 0 Å². The third-order valence-corrected chi connectivity index (χ3v) is 7.01. The van der Waals surface area contributed by atoms with Crippen LogP contribution in [0.5, 0.6) is 0 Å². The maximum absolute atomic E-state index is 12.7. The summed E-state index contributed by atoms with van der Waals surface area (Å²) < 4.78 is 27.9. The molecule has 3 aromatic carbocycles. The summed E-state index contributed by atoms with van der Waals surface area (Å²) in [5.41, 5.74) is 1.55. The van der Waals surface area contributed by atoms with Crippen LogP contribution in [0.1, 0.15) is 9.67 Å². The normalized spacial score (nSPS) is 11.1. The smallest absolute Gasteiger partial charge is 0.267 e. The van der Waals surface area contributed by atoms with Crippen LogP contribution in [0.2, 0.25) is 5.02 Å². The lowest BCUT2D eigenvalue weighted by molar-refractivity contribution is 0.103. The van der Waals surface area contributed by atoms with Gasteiger partial charge in [-0.1, -0.05) is 60.1 Å². The molecule has 0 bridgehead atoms. The monoisotopic (exact) mass is 469 g/mol. The number of amides is 1. The first kappa shape index (κ1) is 21.0. The third kappa shape index (κ3) is 4.93. The molecule has 0 aliphatic rings. The van der Waals surface area contributed by atoms with Gasteiger partial charge in [-0.05, 0) is 30.3 Å². The Hall–Kier alpha value is -3.20. The fraction of sp³-hybridized carbons (Fsp3) is 0. The van der Waals surface area contributed by atoms with Crippen LogP contribution in [0.15, 0.2) is 90.0 Å². The van der Waals surface area contributed by atoms with E-state index in [4.69, 9.17) is 11.6 Å². The highest BCUT2D eigenvalue weighted by molar-refractivity contribution is 7.92. The molecule has 1 amide bonds. The van der Waals surface area contributed by atoms with Gasteiger partial charge < -0.3 is 5.32 Å². The summed E-state index contributed by atoms with van der Waals surface area (Å²) in [6.07, 6.45) is 1.50. The molecule has 0 atom stereocenters. The number of carbonyl (C=O) groups excluding carboxylic acids is 1. The molecule has 1 heterocycles. The Bertz CT molecular complexity index is 1340. The van der Waals surface area contributed by atoms with E-state index in [1.54, 1.807) is 36.4 Å². The third-order valence-electron chi connectivity index (χ3n) is 4.27. The van der Waals surface area contributed by atoms with Crippen LogP contribution in [0.3, 0.4) is 0 Å². The number of hydrogen-bond acceptors (Lipinski definition) is 5. The number of thiazole rings is 1. The summed E-state index contributed by atoms with van der Waals surface area (Å²) in [6.45, 7) is 0. The van der Waals surface area contributed by atoms with Crippen LogP contribution in [0.25, 0.3) is 10.6 Å². The fourth-order valence-electron chi connectivity index (χ4n) is 2.77. The van der Waals surface area contributed by atoms with Crippen LogP contribution >= 0.6 is 22.9 Å². The number of nitrogens with zero attached hydrogens (tertiary/aromatic N) is 1. The van der Waals surface area contributed by atoms with Gasteiger partial charge in [0, 0.05) is 11.3 Å². The summed E-state index contributed by atoms with van der Waals surface area (Å²) in [4.78, 5) is 17.3. The second kappa shape index (κ2) is 8.89. The van der Waals surface area contributed by atoms with Crippen molar-refractivity contribution in [3.63, 3.8) is 0 Å². The Kier molecular flexibility index (Phi) is 6.03. The van der Waals surface area contributed by atoms with E-state index in [1.807, 2.05) is 30.3 Å². The number of rotatable bonds is 6. The number of nitrogens with one attached hydrogen (secondary N) is 2. The molecule has 0 aliphatic heterocycles. The quantitative estimate of drug-likeness (QED) is 0.389. The number of sulfonamides is 1. The van der Waals surface area contributed by atoms with Gasteiger partial charge >= 0.3 is 0 Å². The van der Waals surface area contributed by atoms with Crippen molar-refractivity contribution in [1.82, 2.24) is 4.98 Å². The fourth-order valence-corrected chi connectivity index (χ4v) is 4.96. The van der Waals surface area contributed by atoms with E-state index in [-0.39, 0.29) is 21.5 Å². The number of halogens is 1. The standard InChI is InChI=1S/C22H16ClN3O3S2/c23-18-11-4-5-12-19(18)26-31(28,29)17-10-6-9-16(13-17)25-21(27)20-14-24-22(30-20)15-7-2-1-3-8-15/h1-14,26H,(H,25,27). The van der Waals surface area contributed by atoms with Crippen LogP contribution in [-0.4, -0.2) is 19.3 Å². The van der Waals surface area contributed by atoms with Crippen molar-refractivity contribution in [2.45, 2.75) is 4.90 Å². The molecular weight excluding hydrogens is 454 g/mol. The van der Waals surface area contributed by atoms with Gasteiger partial charge in [-0.3, -0.25) is 9.52 Å². The average molecular weight is 470 g/mol. The lowest BCUT2D eigenvalue weighted by Crippen LogP contribution is -2.14. The summed E-state index contributed by atoms with van der Waals surface area (Å²) in [5, 5.41) is 3.74. The van der Waals surface area contributed by atoms with E-state index in [0.29, 0.717) is 10.6 Å². The van der Waals surface area contributed by atoms with Crippen molar-refractivity contribution in [1.29, 1.82) is 0 Å². The van der Waals surface area contributed by atoms with Crippen LogP contribution in [-0.2, 0) is 10.0 Å². The van der Waals surface area contributed by atoms with E-state index in [2.05, 4.69) is 15.0 Å². The Morgan fingerprint density at radius 2 is 1.68 bits per heavy atom. The number of para-hydroxylation sites is 1. The molecule has 156 valence electrons. The first-order valence-corrected chi connectivity index (χ1v) is 11.8. The summed E-state index contributed by atoms with van der Waals surface area (Å²) in [7, 11) is -3.89. The Labute approximate surface area is 188 Å². The lowest BCUT2D eigenvalue weighted by atomic mass is 10.2. The first-order chi connectivity index (χ1) is 14.9. The molecular formula is C22H16ClN3O3S2. The molecule has 0 fully saturated rings. The highest BCUT2D eigenvalue weighted by Crippen LogP contribution is 2.27. The van der Waals surface area contributed by atoms with Crippen LogP contribution in [0.4, 0.5) is 11.4 Å². The topological polar surface area (TPSA) is 88.2 Å². The Balaban J connectivity index is 1.52. The minimum atomic E-state index is -3.89. The summed E-state index contributed by atoms with van der Waals surface area (Å²) in [5.74, 6) is -0.367. The van der Waals surface area contributed by atoms with E-state index in [0.717, 1.165) is 10.6 Å². The Morgan fingerprint density at radius 3 is 2.45 bits per heavy atom. The molecule has 0 saturated heterocycles. The van der Waals surface area contributed by atoms with Crippen LogP contribution in [0, 0.1) is 0 Å². The molecule has 0 radical (unpaired) electrons. The van der Waals surface area contributed by atoms with Crippen molar-refractivity contribution in [2.24, 2.45) is 0 Å². The molecule has 4 aromatic rings. The first-order valence-electron chi connectivity index (χ1n) is 9.12. The minimum absolute atomic E-state index is 0.000464. The number of hydrogen-bond donors (Lipinski definition) is 2. The second-order valence-electron chi connectivity index (χ2n) is 6.46. The molecule has 1 aromatic heterocycles. The zero-order valence-corrected chi connectivity index (χ0v) is 18.3. The largest absolute Gasteiger partial charge is 0.321 e. The Morgan fingerprint density at radius 1 is 0.935 bits per heavy atom. The molecule has 9 heteroatoms. The van der Waals surface area contributed by atoms with Crippen molar-refractivity contribution in [3.05, 3.63) is 95.0 Å². The molecule has 0 saturated carbocycles. The average Bonchev–Trinajstić information content (AvgIpc) is 3.27. The van der Waals surface area contributed by atoms with Gasteiger partial charge in [0.1, 0.15) is 9.88 Å². The lowest BCUT2D eigenvalue weighted by Gasteiger charge is -2.11. The van der Waals surface area contributed by atoms with Gasteiger partial charge in [0.15, 0.2) is 0 Å². The molecule has 0 aliphatic carbocycles. The predicted octanol–water partition coefficient (Wildman–Crippen LogP) is 5.52. The van der Waals surface area contributed by atoms with Gasteiger partial charge in [0.05, 0.1) is 21.8 Å². The molecule has 31 heavy (non-hydrogen) atoms. The van der Waals surface area contributed by atoms with Gasteiger partial charge in [0.25, 0.3) is 15.9 Å².